The van der Waals surface area contributed by atoms with Gasteiger partial charge in [0.25, 0.3) is 5.88 Å². The van der Waals surface area contributed by atoms with Gasteiger partial charge in [-0.2, -0.15) is 9.37 Å². The molecule has 29 heavy (non-hydrogen) atoms. The van der Waals surface area contributed by atoms with Gasteiger partial charge in [0.15, 0.2) is 11.6 Å². The number of hydrogen-bond donors (Lipinski definition) is 2. The van der Waals surface area contributed by atoms with Crippen LogP contribution in [0.25, 0.3) is 0 Å². The molecule has 0 radical (unpaired) electrons. The summed E-state index contributed by atoms with van der Waals surface area (Å²) in [6, 6.07) is 3.08. The SMILES string of the molecule is CCOC(=O)CCNc1cc(Cl)c(Oc2ncnc(N3CC(O)C3)c2F)c(Cl)c1. The molecule has 1 aliphatic heterocycles. The van der Waals surface area contributed by atoms with Crippen LogP contribution in [0.15, 0.2) is 18.5 Å². The Labute approximate surface area is 176 Å². The molecule has 2 N–H and O–H groups in total. The van der Waals surface area contributed by atoms with Crippen molar-refractivity contribution in [2.24, 2.45) is 0 Å². The van der Waals surface area contributed by atoms with E-state index in [-0.39, 0.29) is 53.0 Å². The van der Waals surface area contributed by atoms with Crippen LogP contribution < -0.4 is 15.0 Å². The Morgan fingerprint density at radius 3 is 2.66 bits per heavy atom. The van der Waals surface area contributed by atoms with Gasteiger partial charge in [-0.05, 0) is 19.1 Å². The molecule has 0 bridgehead atoms. The molecule has 2 heterocycles. The minimum absolute atomic E-state index is 0.0322. The summed E-state index contributed by atoms with van der Waals surface area (Å²) in [6.07, 6.45) is 0.828. The number of nitrogens with one attached hydrogen (secondary N) is 1. The average molecular weight is 445 g/mol. The first-order valence-corrected chi connectivity index (χ1v) is 9.64. The maximum atomic E-state index is 14.7. The number of carbonyl (C=O) groups excluding carboxylic acids is 1. The number of benzene rings is 1. The number of anilines is 2. The van der Waals surface area contributed by atoms with Crippen molar-refractivity contribution < 1.29 is 23.8 Å². The smallest absolute Gasteiger partial charge is 0.307 e. The lowest BCUT2D eigenvalue weighted by atomic mass is 10.2. The molecule has 0 saturated carbocycles. The van der Waals surface area contributed by atoms with Gasteiger partial charge in [0.2, 0.25) is 5.82 Å². The zero-order valence-electron chi connectivity index (χ0n) is 15.5. The van der Waals surface area contributed by atoms with Gasteiger partial charge in [0, 0.05) is 25.3 Å². The van der Waals surface area contributed by atoms with Gasteiger partial charge < -0.3 is 24.8 Å². The summed E-state index contributed by atoms with van der Waals surface area (Å²) in [4.78, 5) is 20.6. The van der Waals surface area contributed by atoms with Crippen LogP contribution in [0, 0.1) is 5.82 Å². The fraction of sp³-hybridized carbons (Fsp3) is 0.389. The molecule has 1 aromatic heterocycles. The number of aliphatic hydroxyl groups excluding tert-OH is 1. The lowest BCUT2D eigenvalue weighted by Gasteiger charge is -2.36. The van der Waals surface area contributed by atoms with Crippen LogP contribution in [0.3, 0.4) is 0 Å². The Kier molecular flexibility index (Phi) is 6.94. The van der Waals surface area contributed by atoms with Crippen molar-refractivity contribution >= 4 is 40.7 Å². The van der Waals surface area contributed by atoms with E-state index in [2.05, 4.69) is 15.3 Å². The molecule has 0 unspecified atom stereocenters. The number of hydrogen-bond acceptors (Lipinski definition) is 8. The number of rotatable bonds is 8. The van der Waals surface area contributed by atoms with E-state index in [4.69, 9.17) is 32.7 Å². The molecule has 1 aromatic carbocycles. The summed E-state index contributed by atoms with van der Waals surface area (Å²) in [7, 11) is 0. The number of esters is 1. The van der Waals surface area contributed by atoms with Gasteiger partial charge in [-0.25, -0.2) is 4.98 Å². The highest BCUT2D eigenvalue weighted by Gasteiger charge is 2.30. The van der Waals surface area contributed by atoms with Crippen molar-refractivity contribution in [1.82, 2.24) is 9.97 Å². The zero-order chi connectivity index (χ0) is 21.0. The van der Waals surface area contributed by atoms with Crippen LogP contribution in [0.2, 0.25) is 10.0 Å². The Hall–Kier alpha value is -2.36. The molecule has 1 saturated heterocycles. The fourth-order valence-corrected chi connectivity index (χ4v) is 3.23. The van der Waals surface area contributed by atoms with E-state index >= 15 is 0 Å². The Morgan fingerprint density at radius 2 is 2.03 bits per heavy atom. The summed E-state index contributed by atoms with van der Waals surface area (Å²) < 4.78 is 25.0. The van der Waals surface area contributed by atoms with Crippen LogP contribution in [0.4, 0.5) is 15.9 Å². The molecule has 0 spiro atoms. The van der Waals surface area contributed by atoms with Gasteiger partial charge in [-0.15, -0.1) is 0 Å². The van der Waals surface area contributed by atoms with Crippen molar-refractivity contribution in [3.8, 4) is 11.6 Å². The summed E-state index contributed by atoms with van der Waals surface area (Å²) in [6.45, 7) is 2.95. The topological polar surface area (TPSA) is 96.8 Å². The fourth-order valence-electron chi connectivity index (χ4n) is 2.66. The van der Waals surface area contributed by atoms with Crippen molar-refractivity contribution in [2.75, 3.05) is 36.5 Å². The molecule has 1 aliphatic rings. The maximum Gasteiger partial charge on any atom is 0.307 e. The first-order chi connectivity index (χ1) is 13.9. The van der Waals surface area contributed by atoms with Crippen molar-refractivity contribution in [3.05, 3.63) is 34.3 Å². The summed E-state index contributed by atoms with van der Waals surface area (Å²) >= 11 is 12.5. The lowest BCUT2D eigenvalue weighted by Crippen LogP contribution is -2.51. The van der Waals surface area contributed by atoms with Crippen molar-refractivity contribution in [2.45, 2.75) is 19.4 Å². The van der Waals surface area contributed by atoms with E-state index in [1.165, 1.54) is 0 Å². The largest absolute Gasteiger partial charge is 0.466 e. The molecule has 3 rings (SSSR count). The Bertz CT molecular complexity index is 873. The number of aliphatic hydroxyl groups is 1. The highest BCUT2D eigenvalue weighted by atomic mass is 35.5. The Morgan fingerprint density at radius 1 is 1.34 bits per heavy atom. The van der Waals surface area contributed by atoms with Crippen molar-refractivity contribution in [1.29, 1.82) is 0 Å². The first-order valence-electron chi connectivity index (χ1n) is 8.89. The second-order valence-electron chi connectivity index (χ2n) is 6.23. The second kappa shape index (κ2) is 9.43. The quantitative estimate of drug-likeness (QED) is 0.598. The van der Waals surface area contributed by atoms with E-state index < -0.39 is 11.9 Å². The number of nitrogens with zero attached hydrogens (tertiary/aromatic N) is 3. The summed E-state index contributed by atoms with van der Waals surface area (Å²) in [5, 5.41) is 12.7. The van der Waals surface area contributed by atoms with E-state index in [1.807, 2.05) is 0 Å². The zero-order valence-corrected chi connectivity index (χ0v) is 17.0. The Balaban J connectivity index is 1.70. The maximum absolute atomic E-state index is 14.7. The molecular weight excluding hydrogens is 426 g/mol. The van der Waals surface area contributed by atoms with E-state index in [1.54, 1.807) is 24.0 Å². The molecule has 156 valence electrons. The average Bonchev–Trinajstić information content (AvgIpc) is 2.64. The monoisotopic (exact) mass is 444 g/mol. The highest BCUT2D eigenvalue weighted by molar-refractivity contribution is 6.37. The van der Waals surface area contributed by atoms with E-state index in [0.29, 0.717) is 18.8 Å². The highest BCUT2D eigenvalue weighted by Crippen LogP contribution is 2.39. The van der Waals surface area contributed by atoms with Crippen LogP contribution >= 0.6 is 23.2 Å². The molecule has 11 heteroatoms. The number of β-amino-alcohol motifs (C(OH)–C–C–N with tert-alkyl or cyclic N) is 1. The minimum atomic E-state index is -0.775. The van der Waals surface area contributed by atoms with Gasteiger partial charge in [-0.3, -0.25) is 4.79 Å². The first kappa shape index (κ1) is 21.4. The third-order valence-corrected chi connectivity index (χ3v) is 4.62. The third kappa shape index (κ3) is 5.17. The van der Waals surface area contributed by atoms with Crippen LogP contribution in [-0.2, 0) is 9.53 Å². The predicted molar refractivity (Wildman–Crippen MR) is 106 cm³/mol. The van der Waals surface area contributed by atoms with Gasteiger partial charge in [0.05, 0.1) is 29.2 Å². The van der Waals surface area contributed by atoms with Gasteiger partial charge in [-0.1, -0.05) is 23.2 Å². The predicted octanol–water partition coefficient (Wildman–Crippen LogP) is 3.26. The normalized spacial score (nSPS) is 13.8. The molecule has 1 fully saturated rings. The number of carbonyl (C=O) groups is 1. The standard InChI is InChI=1S/C18H19Cl2FN4O4/c1-2-28-14(27)3-4-22-10-5-12(19)16(13(20)6-10)29-18-15(21)17(23-9-24-18)25-7-11(26)8-25/h5-6,9,11,22,26H,2-4,7-8H2,1H3. The van der Waals surface area contributed by atoms with Crippen LogP contribution in [0.5, 0.6) is 11.6 Å². The van der Waals surface area contributed by atoms with Crippen LogP contribution in [-0.4, -0.2) is 53.4 Å². The third-order valence-electron chi connectivity index (χ3n) is 4.06. The molecule has 2 aromatic rings. The summed E-state index contributed by atoms with van der Waals surface area (Å²) in [5.41, 5.74) is 0.565. The number of ether oxygens (including phenoxy) is 2. The number of aromatic nitrogens is 2. The summed E-state index contributed by atoms with van der Waals surface area (Å²) in [5.74, 6) is -1.35. The molecule has 0 aliphatic carbocycles. The molecule has 8 nitrogen and oxygen atoms in total. The minimum Gasteiger partial charge on any atom is -0.466 e. The van der Waals surface area contributed by atoms with Gasteiger partial charge >= 0.3 is 5.97 Å². The molecule has 0 atom stereocenters. The van der Waals surface area contributed by atoms with Crippen LogP contribution in [0.1, 0.15) is 13.3 Å². The van der Waals surface area contributed by atoms with E-state index in [9.17, 15) is 14.3 Å². The molecular formula is C18H19Cl2FN4O4. The lowest BCUT2D eigenvalue weighted by molar-refractivity contribution is -0.142. The van der Waals surface area contributed by atoms with Gasteiger partial charge in [0.1, 0.15) is 6.33 Å². The van der Waals surface area contributed by atoms with E-state index in [0.717, 1.165) is 6.33 Å². The van der Waals surface area contributed by atoms with Crippen molar-refractivity contribution in [3.63, 3.8) is 0 Å². The number of halogens is 3. The molecule has 0 amide bonds. The second-order valence-corrected chi connectivity index (χ2v) is 7.04.